The summed E-state index contributed by atoms with van der Waals surface area (Å²) in [5, 5.41) is 16.6. The normalized spacial score (nSPS) is 12.8. The third-order valence-electron chi connectivity index (χ3n) is 0.615. The van der Waals surface area contributed by atoms with Gasteiger partial charge in [-0.15, -0.1) is 0 Å². The van der Waals surface area contributed by atoms with Gasteiger partial charge in [0.1, 0.15) is 13.2 Å². The number of carbonyl (C=O) groups excluding carboxylic acids is 1. The van der Waals surface area contributed by atoms with E-state index in [1.54, 1.807) is 0 Å². The highest BCUT2D eigenvalue weighted by atomic mass is 16.6. The fourth-order valence-electron chi connectivity index (χ4n) is 0.259. The third-order valence-corrected chi connectivity index (χ3v) is 0.615. The monoisotopic (exact) mass is 134 g/mol. The molecule has 4 nitrogen and oxygen atoms in total. The molecule has 0 aromatic rings. The molecule has 0 aromatic heterocycles. The van der Waals surface area contributed by atoms with Crippen LogP contribution in [-0.4, -0.2) is 35.5 Å². The molecule has 0 bridgehead atoms. The highest BCUT2D eigenvalue weighted by Gasteiger charge is 2.00. The van der Waals surface area contributed by atoms with Crippen LogP contribution in [-0.2, 0) is 9.53 Å². The van der Waals surface area contributed by atoms with Crippen LogP contribution in [0.3, 0.4) is 0 Å². The van der Waals surface area contributed by atoms with Crippen LogP contribution in [0.2, 0.25) is 0 Å². The maximum atomic E-state index is 10.1. The highest BCUT2D eigenvalue weighted by molar-refractivity contribution is 5.70. The molecular weight excluding hydrogens is 124 g/mol. The van der Waals surface area contributed by atoms with Crippen LogP contribution in [0.25, 0.3) is 0 Å². The van der Waals surface area contributed by atoms with Crippen LogP contribution in [0.5, 0.6) is 0 Å². The van der Waals surface area contributed by atoms with Gasteiger partial charge in [0, 0.05) is 0 Å². The van der Waals surface area contributed by atoms with Gasteiger partial charge in [-0.1, -0.05) is 0 Å². The largest absolute Gasteiger partial charge is 0.461 e. The van der Waals surface area contributed by atoms with E-state index >= 15 is 0 Å². The van der Waals surface area contributed by atoms with Gasteiger partial charge in [0.05, 0.1) is 6.10 Å². The van der Waals surface area contributed by atoms with Crippen molar-refractivity contribution < 1.29 is 19.7 Å². The Labute approximate surface area is 53.1 Å². The van der Waals surface area contributed by atoms with Gasteiger partial charge < -0.3 is 14.9 Å². The zero-order valence-corrected chi connectivity index (χ0v) is 5.20. The van der Waals surface area contributed by atoms with Crippen molar-refractivity contribution in [2.75, 3.05) is 13.2 Å². The standard InChI is InChI=1S/C5H10O4/c1-4(7)3-9-5(8)2-6/h4,6-7H,2-3H2,1H3/t4-/m1/s1. The van der Waals surface area contributed by atoms with Gasteiger partial charge in [0.2, 0.25) is 0 Å². The number of aliphatic hydroxyl groups excluding tert-OH is 2. The van der Waals surface area contributed by atoms with Crippen molar-refractivity contribution in [2.45, 2.75) is 13.0 Å². The summed E-state index contributed by atoms with van der Waals surface area (Å²) in [5.41, 5.74) is 0. The van der Waals surface area contributed by atoms with Gasteiger partial charge in [-0.05, 0) is 6.92 Å². The summed E-state index contributed by atoms with van der Waals surface area (Å²) in [6.07, 6.45) is -0.666. The van der Waals surface area contributed by atoms with E-state index in [2.05, 4.69) is 4.74 Å². The van der Waals surface area contributed by atoms with Crippen molar-refractivity contribution in [3.8, 4) is 0 Å². The quantitative estimate of drug-likeness (QED) is 0.481. The maximum absolute atomic E-state index is 10.1. The van der Waals surface area contributed by atoms with E-state index < -0.39 is 18.7 Å². The Balaban J connectivity index is 3.17. The lowest BCUT2D eigenvalue weighted by molar-refractivity contribution is -0.149. The second-order valence-corrected chi connectivity index (χ2v) is 1.69. The molecular formula is C5H10O4. The molecule has 0 saturated carbocycles. The smallest absolute Gasteiger partial charge is 0.331 e. The average molecular weight is 134 g/mol. The molecule has 0 saturated heterocycles. The molecule has 0 unspecified atom stereocenters. The van der Waals surface area contributed by atoms with Crippen LogP contribution in [0, 0.1) is 0 Å². The first-order valence-electron chi connectivity index (χ1n) is 2.61. The van der Waals surface area contributed by atoms with Crippen molar-refractivity contribution >= 4 is 5.97 Å². The number of rotatable bonds is 3. The fourth-order valence-corrected chi connectivity index (χ4v) is 0.259. The molecule has 1 atom stereocenters. The van der Waals surface area contributed by atoms with E-state index in [1.807, 2.05) is 0 Å². The van der Waals surface area contributed by atoms with Crippen LogP contribution < -0.4 is 0 Å². The molecule has 0 aliphatic carbocycles. The average Bonchev–Trinajstić information content (AvgIpc) is 1.83. The molecule has 9 heavy (non-hydrogen) atoms. The number of ether oxygens (including phenoxy) is 1. The molecule has 0 aliphatic heterocycles. The first-order chi connectivity index (χ1) is 4.16. The van der Waals surface area contributed by atoms with Gasteiger partial charge in [0.15, 0.2) is 0 Å². The summed E-state index contributed by atoms with van der Waals surface area (Å²) in [6.45, 7) is 0.802. The Bertz CT molecular complexity index is 89.0. The molecule has 0 spiro atoms. The Morgan fingerprint density at radius 1 is 1.78 bits per heavy atom. The van der Waals surface area contributed by atoms with Gasteiger partial charge in [-0.3, -0.25) is 0 Å². The Hall–Kier alpha value is -0.610. The highest BCUT2D eigenvalue weighted by Crippen LogP contribution is 1.82. The summed E-state index contributed by atoms with van der Waals surface area (Å²) >= 11 is 0. The van der Waals surface area contributed by atoms with E-state index in [4.69, 9.17) is 10.2 Å². The summed E-state index contributed by atoms with van der Waals surface area (Å²) in [7, 11) is 0. The summed E-state index contributed by atoms with van der Waals surface area (Å²) in [6, 6.07) is 0. The van der Waals surface area contributed by atoms with Gasteiger partial charge >= 0.3 is 5.97 Å². The number of esters is 1. The van der Waals surface area contributed by atoms with Crippen molar-refractivity contribution in [3.05, 3.63) is 0 Å². The second kappa shape index (κ2) is 4.29. The van der Waals surface area contributed by atoms with Crippen molar-refractivity contribution in [2.24, 2.45) is 0 Å². The third kappa shape index (κ3) is 5.26. The molecule has 0 aliphatic rings. The minimum atomic E-state index is -0.712. The first kappa shape index (κ1) is 8.39. The predicted molar refractivity (Wildman–Crippen MR) is 29.7 cm³/mol. The molecule has 0 fully saturated rings. The Kier molecular flexibility index (Phi) is 4.00. The number of hydrogen-bond donors (Lipinski definition) is 2. The van der Waals surface area contributed by atoms with E-state index in [9.17, 15) is 4.79 Å². The fraction of sp³-hybridized carbons (Fsp3) is 0.800. The summed E-state index contributed by atoms with van der Waals surface area (Å²) < 4.78 is 4.31. The lowest BCUT2D eigenvalue weighted by Gasteiger charge is -2.03. The van der Waals surface area contributed by atoms with Crippen molar-refractivity contribution in [1.82, 2.24) is 0 Å². The Morgan fingerprint density at radius 2 is 2.33 bits per heavy atom. The van der Waals surface area contributed by atoms with Crippen molar-refractivity contribution in [3.63, 3.8) is 0 Å². The zero-order valence-electron chi connectivity index (χ0n) is 5.20. The molecule has 2 N–H and O–H groups in total. The second-order valence-electron chi connectivity index (χ2n) is 1.69. The molecule has 54 valence electrons. The molecule has 4 heteroatoms. The lowest BCUT2D eigenvalue weighted by atomic mass is 10.4. The van der Waals surface area contributed by atoms with E-state index in [1.165, 1.54) is 6.92 Å². The number of carbonyl (C=O) groups is 1. The van der Waals surface area contributed by atoms with Crippen LogP contribution in [0.1, 0.15) is 6.92 Å². The molecule has 0 heterocycles. The first-order valence-corrected chi connectivity index (χ1v) is 2.61. The number of hydrogen-bond acceptors (Lipinski definition) is 4. The predicted octanol–water partition coefficient (Wildman–Crippen LogP) is -1.10. The number of aliphatic hydroxyl groups is 2. The molecule has 0 aromatic carbocycles. The molecule has 0 amide bonds. The minimum Gasteiger partial charge on any atom is -0.461 e. The van der Waals surface area contributed by atoms with Crippen LogP contribution in [0.15, 0.2) is 0 Å². The van der Waals surface area contributed by atoms with Gasteiger partial charge in [0.25, 0.3) is 0 Å². The van der Waals surface area contributed by atoms with E-state index in [0.717, 1.165) is 0 Å². The van der Waals surface area contributed by atoms with E-state index in [0.29, 0.717) is 0 Å². The molecule has 0 rings (SSSR count). The summed E-state index contributed by atoms with van der Waals surface area (Å²) in [4.78, 5) is 10.1. The zero-order chi connectivity index (χ0) is 7.28. The van der Waals surface area contributed by atoms with Crippen LogP contribution in [0.4, 0.5) is 0 Å². The van der Waals surface area contributed by atoms with Gasteiger partial charge in [-0.25, -0.2) is 4.79 Å². The maximum Gasteiger partial charge on any atom is 0.331 e. The topological polar surface area (TPSA) is 66.8 Å². The minimum absolute atomic E-state index is 0.0562. The Morgan fingerprint density at radius 3 is 2.67 bits per heavy atom. The summed E-state index contributed by atoms with van der Waals surface area (Å²) in [5.74, 6) is -0.712. The van der Waals surface area contributed by atoms with E-state index in [-0.39, 0.29) is 6.61 Å². The molecule has 0 radical (unpaired) electrons. The van der Waals surface area contributed by atoms with Gasteiger partial charge in [-0.2, -0.15) is 0 Å². The van der Waals surface area contributed by atoms with Crippen LogP contribution >= 0.6 is 0 Å². The van der Waals surface area contributed by atoms with Crippen molar-refractivity contribution in [1.29, 1.82) is 0 Å². The lowest BCUT2D eigenvalue weighted by Crippen LogP contribution is -2.17. The SMILES string of the molecule is C[C@@H](O)COC(=O)CO.